The molecule has 1 aliphatic rings. The first-order chi connectivity index (χ1) is 22.7. The predicted octanol–water partition coefficient (Wildman–Crippen LogP) is 0.494. The third-order valence-corrected chi connectivity index (χ3v) is 6.27. The maximum atomic E-state index is 12.4. The first kappa shape index (κ1) is 38.9. The summed E-state index contributed by atoms with van der Waals surface area (Å²) in [7, 11) is 0. The van der Waals surface area contributed by atoms with Crippen LogP contribution >= 0.6 is 0 Å². The van der Waals surface area contributed by atoms with Crippen molar-refractivity contribution in [2.45, 2.75) is 90.8 Å². The van der Waals surface area contributed by atoms with Gasteiger partial charge in [-0.2, -0.15) is 0 Å². The van der Waals surface area contributed by atoms with Crippen molar-refractivity contribution in [3.8, 4) is 5.75 Å². The van der Waals surface area contributed by atoms with Crippen LogP contribution < -0.4 is 14.7 Å². The maximum absolute atomic E-state index is 12.4. The Kier molecular flexibility index (Phi) is 15.7. The molecule has 1 fully saturated rings. The minimum Gasteiger partial charge on any atom is -0.464 e. The van der Waals surface area contributed by atoms with E-state index in [-0.39, 0.29) is 37.6 Å². The Morgan fingerprint density at radius 2 is 1.46 bits per heavy atom. The number of nitrogens with one attached hydrogen (secondary N) is 1. The van der Waals surface area contributed by atoms with E-state index < -0.39 is 79.3 Å². The molecule has 1 aromatic rings. The van der Waals surface area contributed by atoms with E-state index in [9.17, 15) is 33.6 Å². The van der Waals surface area contributed by atoms with Gasteiger partial charge in [0.05, 0.1) is 6.61 Å². The quantitative estimate of drug-likeness (QED) is 0.109. The van der Waals surface area contributed by atoms with Gasteiger partial charge in [-0.1, -0.05) is 12.1 Å². The van der Waals surface area contributed by atoms with Crippen LogP contribution in [0.25, 0.3) is 0 Å². The zero-order valence-electron chi connectivity index (χ0n) is 27.2. The summed E-state index contributed by atoms with van der Waals surface area (Å²) in [5, 5.41) is 2.38. The van der Waals surface area contributed by atoms with Gasteiger partial charge in [0.15, 0.2) is 12.2 Å². The Hall–Kier alpha value is -5.28. The highest BCUT2D eigenvalue weighted by Gasteiger charge is 2.53. The molecular formula is C31H39N2O15+. The van der Waals surface area contributed by atoms with Crippen molar-refractivity contribution >= 4 is 54.7 Å². The molecule has 1 aromatic carbocycles. The van der Waals surface area contributed by atoms with Gasteiger partial charge in [0.25, 0.3) is 6.72 Å². The molecule has 0 aliphatic carbocycles. The van der Waals surface area contributed by atoms with E-state index >= 15 is 0 Å². The van der Waals surface area contributed by atoms with Crippen LogP contribution in [0.3, 0.4) is 0 Å². The second-order valence-electron chi connectivity index (χ2n) is 10.2. The van der Waals surface area contributed by atoms with Crippen molar-refractivity contribution < 1.29 is 71.5 Å². The molecule has 17 nitrogen and oxygen atoms in total. The van der Waals surface area contributed by atoms with Crippen molar-refractivity contribution in [2.24, 2.45) is 0 Å². The van der Waals surface area contributed by atoms with Gasteiger partial charge in [-0.15, -0.1) is 4.67 Å². The number of esters is 5. The Morgan fingerprint density at radius 3 is 2.02 bits per heavy atom. The van der Waals surface area contributed by atoms with E-state index in [2.05, 4.69) is 16.7 Å². The number of hydrogen-bond acceptors (Lipinski definition) is 15. The van der Waals surface area contributed by atoms with E-state index in [1.165, 1.54) is 24.3 Å². The molecule has 262 valence electrons. The number of Topliss-reactive ketones (excluding diaryl/α,β-unsaturated/α-hetero) is 1. The molecule has 0 aromatic heterocycles. The highest BCUT2D eigenvalue weighted by atomic mass is 16.7. The lowest BCUT2D eigenvalue weighted by molar-refractivity contribution is -0.288. The lowest BCUT2D eigenvalue weighted by atomic mass is 9.98. The van der Waals surface area contributed by atoms with Crippen LogP contribution in [0.2, 0.25) is 0 Å². The summed E-state index contributed by atoms with van der Waals surface area (Å²) in [6, 6.07) is 4.88. The molecule has 17 heteroatoms. The molecule has 0 spiro atoms. The number of hydrogen-bond donors (Lipinski definition) is 1. The standard InChI is InChI=1S/C31H38N2O15/c1-7-41-29(39)24(13-10-22(38)14-32-6)33-31(40)43-15-21-8-11-23(12-9-21)47-30-28(46-20(5)37)27(45-19(4)36)26(44-18(3)35)25(48-30)16-42-17(2)34/h8-9,11-12,14,24-28,30H,6-7,10,13,15-16H2,1-5H3/p+1/t24-,25+,26+,27-,28+,30+/m0/s1. The second kappa shape index (κ2) is 19.4. The van der Waals surface area contributed by atoms with E-state index in [4.69, 9.17) is 37.9 Å². The predicted molar refractivity (Wildman–Crippen MR) is 162 cm³/mol. The minimum absolute atomic E-state index is 0.0515. The zero-order chi connectivity index (χ0) is 35.8. The Bertz CT molecular complexity index is 1370. The number of ketones is 1. The topological polar surface area (TPSA) is 219 Å². The monoisotopic (exact) mass is 679 g/mol. The number of alkyl carbamates (subject to hydrolysis) is 1. The van der Waals surface area contributed by atoms with Crippen LogP contribution in [0.5, 0.6) is 5.75 Å². The van der Waals surface area contributed by atoms with Gasteiger partial charge in [0, 0.05) is 34.1 Å². The number of carbonyl (C=O) groups excluding carboxylic acids is 7. The minimum atomic E-state index is -1.44. The molecule has 1 aliphatic heterocycles. The van der Waals surface area contributed by atoms with Crippen LogP contribution in [-0.2, 0) is 68.5 Å². The lowest BCUT2D eigenvalue weighted by Gasteiger charge is -2.43. The summed E-state index contributed by atoms with van der Waals surface area (Å²) in [5.41, 5.74) is 0.494. The molecule has 1 amide bonds. The number of ether oxygens (including phenoxy) is 8. The van der Waals surface area contributed by atoms with E-state index in [0.717, 1.165) is 33.9 Å². The van der Waals surface area contributed by atoms with Crippen molar-refractivity contribution in [1.29, 1.82) is 0 Å². The van der Waals surface area contributed by atoms with Crippen LogP contribution in [0.4, 0.5) is 4.79 Å². The molecular weight excluding hydrogens is 640 g/mol. The van der Waals surface area contributed by atoms with E-state index in [1.54, 1.807) is 6.92 Å². The van der Waals surface area contributed by atoms with Crippen LogP contribution in [-0.4, -0.2) is 105 Å². The highest BCUT2D eigenvalue weighted by Crippen LogP contribution is 2.31. The van der Waals surface area contributed by atoms with Gasteiger partial charge < -0.3 is 43.2 Å². The average molecular weight is 680 g/mol. The van der Waals surface area contributed by atoms with E-state index in [0.29, 0.717) is 5.56 Å². The van der Waals surface area contributed by atoms with Crippen molar-refractivity contribution in [3.05, 3.63) is 29.8 Å². The second-order valence-corrected chi connectivity index (χ2v) is 10.2. The van der Waals surface area contributed by atoms with Crippen LogP contribution in [0.15, 0.2) is 24.3 Å². The Labute approximate surface area is 275 Å². The van der Waals surface area contributed by atoms with Crippen LogP contribution in [0, 0.1) is 0 Å². The fourth-order valence-electron chi connectivity index (χ4n) is 4.36. The van der Waals surface area contributed by atoms with Crippen molar-refractivity contribution in [1.82, 2.24) is 9.98 Å². The van der Waals surface area contributed by atoms with Gasteiger partial charge in [-0.05, 0) is 31.0 Å². The largest absolute Gasteiger partial charge is 0.464 e. The molecule has 6 atom stereocenters. The van der Waals surface area contributed by atoms with Crippen molar-refractivity contribution in [3.63, 3.8) is 0 Å². The third-order valence-electron chi connectivity index (χ3n) is 6.27. The summed E-state index contributed by atoms with van der Waals surface area (Å²) in [6.07, 6.45) is -6.89. The smallest absolute Gasteiger partial charge is 0.408 e. The normalized spacial score (nSPS) is 20.4. The lowest BCUT2D eigenvalue weighted by Crippen LogP contribution is -2.63. The molecule has 0 unspecified atom stereocenters. The van der Waals surface area contributed by atoms with Gasteiger partial charge in [0.1, 0.15) is 31.1 Å². The first-order valence-electron chi connectivity index (χ1n) is 14.7. The number of rotatable bonds is 16. The number of carbonyl (C=O) groups is 7. The summed E-state index contributed by atoms with van der Waals surface area (Å²) in [5.74, 6) is -3.97. The summed E-state index contributed by atoms with van der Waals surface area (Å²) < 4.78 is 46.5. The fourth-order valence-corrected chi connectivity index (χ4v) is 4.36. The first-order valence-corrected chi connectivity index (χ1v) is 14.7. The zero-order valence-corrected chi connectivity index (χ0v) is 27.2. The van der Waals surface area contributed by atoms with Gasteiger partial charge in [0.2, 0.25) is 18.2 Å². The SMILES string of the molecule is C=[N+]=CC(=O)CC[C@H](NC(=O)OCc1ccc(O[C@@H]2O[C@H](COC(C)=O)[C@@H](OC(C)=O)[C@H](OC(C)=O)[C@H]2OC(C)=O)cc1)C(=O)OCC. The number of benzene rings is 1. The van der Waals surface area contributed by atoms with Gasteiger partial charge >= 0.3 is 42.2 Å². The van der Waals surface area contributed by atoms with Crippen LogP contribution in [0.1, 0.15) is 53.0 Å². The number of nitrogens with zero attached hydrogens (tertiary/aromatic N) is 1. The van der Waals surface area contributed by atoms with Gasteiger partial charge in [-0.25, -0.2) is 9.59 Å². The molecule has 0 radical (unpaired) electrons. The number of amides is 1. The molecule has 1 saturated heterocycles. The summed E-state index contributed by atoms with van der Waals surface area (Å²) >= 11 is 0. The van der Waals surface area contributed by atoms with E-state index in [1.807, 2.05) is 0 Å². The molecule has 2 rings (SSSR count). The summed E-state index contributed by atoms with van der Waals surface area (Å²) in [6.45, 7) is 8.66. The Balaban J connectivity index is 2.18. The highest BCUT2D eigenvalue weighted by molar-refractivity contribution is 6.27. The Morgan fingerprint density at radius 1 is 0.854 bits per heavy atom. The average Bonchev–Trinajstić information content (AvgIpc) is 3.00. The maximum Gasteiger partial charge on any atom is 0.408 e. The van der Waals surface area contributed by atoms with Gasteiger partial charge in [-0.3, -0.25) is 24.0 Å². The molecule has 0 saturated carbocycles. The molecule has 1 heterocycles. The summed E-state index contributed by atoms with van der Waals surface area (Å²) in [4.78, 5) is 83.9. The fraction of sp³-hybridized carbons (Fsp3) is 0.516. The molecule has 0 bridgehead atoms. The third kappa shape index (κ3) is 13.2. The van der Waals surface area contributed by atoms with Crippen molar-refractivity contribution in [2.75, 3.05) is 13.2 Å². The molecule has 1 N–H and O–H groups in total. The molecule has 48 heavy (non-hydrogen) atoms.